The Morgan fingerprint density at radius 2 is 0.822 bits per heavy atom. The third-order valence-corrected chi connectivity index (χ3v) is 12.8. The van der Waals surface area contributed by atoms with Gasteiger partial charge in [-0.15, -0.1) is 0 Å². The number of para-hydroxylation sites is 3. The minimum absolute atomic E-state index is 0.663. The first kappa shape index (κ1) is 29.1. The van der Waals surface area contributed by atoms with Crippen LogP contribution in [0.15, 0.2) is 121 Å². The van der Waals surface area contributed by atoms with Gasteiger partial charge in [0.2, 0.25) is 0 Å². The van der Waals surface area contributed by atoms with E-state index in [1.165, 1.54) is 21.1 Å². The van der Waals surface area contributed by atoms with Gasteiger partial charge in [-0.25, -0.2) is 15.0 Å². The Hall–Kier alpha value is -4.66. The molecule has 5 aromatic carbocycles. The first-order valence-electron chi connectivity index (χ1n) is 15.6. The summed E-state index contributed by atoms with van der Waals surface area (Å²) in [4.78, 5) is 15.4. The lowest BCUT2D eigenvalue weighted by Crippen LogP contribution is -2.37. The van der Waals surface area contributed by atoms with E-state index in [4.69, 9.17) is 15.0 Å². The molecule has 0 spiro atoms. The highest BCUT2D eigenvalue weighted by atomic mass is 28.3. The molecule has 6 heteroatoms. The third kappa shape index (κ3) is 5.45. The number of fused-ring (bicyclic) bond motifs is 3. The first-order chi connectivity index (χ1) is 21.6. The monoisotopic (exact) mass is 618 g/mol. The maximum absolute atomic E-state index is 5.16. The predicted octanol–water partition coefficient (Wildman–Crippen LogP) is 9.06. The maximum atomic E-state index is 5.16. The van der Waals surface area contributed by atoms with Crippen LogP contribution in [0.25, 0.3) is 61.7 Å². The van der Waals surface area contributed by atoms with E-state index in [0.29, 0.717) is 17.5 Å². The molecule has 0 aliphatic rings. The van der Waals surface area contributed by atoms with Crippen LogP contribution in [0.3, 0.4) is 0 Å². The van der Waals surface area contributed by atoms with Crippen LogP contribution in [0.2, 0.25) is 39.3 Å². The summed E-state index contributed by atoms with van der Waals surface area (Å²) in [6.45, 7) is 14.2. The Kier molecular flexibility index (Phi) is 7.14. The van der Waals surface area contributed by atoms with Crippen molar-refractivity contribution in [1.29, 1.82) is 0 Å². The van der Waals surface area contributed by atoms with Gasteiger partial charge in [0, 0.05) is 27.5 Å². The van der Waals surface area contributed by atoms with E-state index in [0.717, 1.165) is 33.4 Å². The summed E-state index contributed by atoms with van der Waals surface area (Å²) < 4.78 is 2.34. The SMILES string of the molecule is C[Si](C)(C)c1ccc(-c2nc(-c3ccc([Si](C)(C)C)cc3)nc(-c3ccccc3-n3c4ccccc4c4ccccc43)n2)cc1. The maximum Gasteiger partial charge on any atom is 0.166 e. The van der Waals surface area contributed by atoms with Crippen molar-refractivity contribution in [2.45, 2.75) is 39.3 Å². The van der Waals surface area contributed by atoms with Gasteiger partial charge in [-0.2, -0.15) is 0 Å². The topological polar surface area (TPSA) is 43.6 Å². The predicted molar refractivity (Wildman–Crippen MR) is 196 cm³/mol. The van der Waals surface area contributed by atoms with E-state index in [2.05, 4.69) is 165 Å². The van der Waals surface area contributed by atoms with E-state index in [-0.39, 0.29) is 0 Å². The van der Waals surface area contributed by atoms with E-state index in [1.54, 1.807) is 0 Å². The normalized spacial score (nSPS) is 12.2. The Morgan fingerprint density at radius 1 is 0.422 bits per heavy atom. The number of rotatable bonds is 6. The van der Waals surface area contributed by atoms with E-state index in [9.17, 15) is 0 Å². The second-order valence-corrected chi connectivity index (χ2v) is 24.0. The highest BCUT2D eigenvalue weighted by Crippen LogP contribution is 2.36. The summed E-state index contributed by atoms with van der Waals surface area (Å²) in [5, 5.41) is 5.29. The van der Waals surface area contributed by atoms with Crippen molar-refractivity contribution >= 4 is 48.3 Å². The molecule has 0 saturated heterocycles. The number of hydrogen-bond acceptors (Lipinski definition) is 3. The van der Waals surface area contributed by atoms with Crippen molar-refractivity contribution in [3.8, 4) is 39.9 Å². The van der Waals surface area contributed by atoms with Gasteiger partial charge in [-0.05, 0) is 24.3 Å². The quantitative estimate of drug-likeness (QED) is 0.175. The number of benzene rings is 5. The molecule has 0 amide bonds. The van der Waals surface area contributed by atoms with Gasteiger partial charge >= 0.3 is 0 Å². The van der Waals surface area contributed by atoms with Crippen LogP contribution in [0.5, 0.6) is 0 Å². The molecule has 2 heterocycles. The van der Waals surface area contributed by atoms with Crippen molar-refractivity contribution in [3.63, 3.8) is 0 Å². The molecule has 0 atom stereocenters. The molecule has 2 aromatic heterocycles. The molecular formula is C39H38N4Si2. The molecule has 7 aromatic rings. The Labute approximate surface area is 267 Å². The zero-order valence-corrected chi connectivity index (χ0v) is 28.8. The van der Waals surface area contributed by atoms with Crippen LogP contribution < -0.4 is 10.4 Å². The van der Waals surface area contributed by atoms with E-state index in [1.807, 2.05) is 0 Å². The lowest BCUT2D eigenvalue weighted by molar-refractivity contribution is 1.06. The average Bonchev–Trinajstić information content (AvgIpc) is 3.38. The molecule has 0 radical (unpaired) electrons. The van der Waals surface area contributed by atoms with Gasteiger partial charge in [-0.1, -0.05) is 147 Å². The molecule has 0 saturated carbocycles. The summed E-state index contributed by atoms with van der Waals surface area (Å²) in [5.41, 5.74) is 6.31. The fourth-order valence-corrected chi connectivity index (χ4v) is 8.37. The lowest BCUT2D eigenvalue weighted by atomic mass is 10.1. The highest BCUT2D eigenvalue weighted by molar-refractivity contribution is 6.89. The van der Waals surface area contributed by atoms with Gasteiger partial charge in [0.25, 0.3) is 0 Å². The van der Waals surface area contributed by atoms with E-state index < -0.39 is 16.1 Å². The number of nitrogens with zero attached hydrogens (tertiary/aromatic N) is 4. The van der Waals surface area contributed by atoms with Crippen LogP contribution in [0.1, 0.15) is 0 Å². The Balaban J connectivity index is 1.45. The summed E-state index contributed by atoms with van der Waals surface area (Å²) in [5.74, 6) is 2.03. The van der Waals surface area contributed by atoms with Crippen LogP contribution in [0, 0.1) is 0 Å². The minimum Gasteiger partial charge on any atom is -0.309 e. The largest absolute Gasteiger partial charge is 0.309 e. The molecule has 0 bridgehead atoms. The van der Waals surface area contributed by atoms with Gasteiger partial charge in [0.05, 0.1) is 32.9 Å². The molecular weight excluding hydrogens is 581 g/mol. The molecule has 0 N–H and O–H groups in total. The second-order valence-electron chi connectivity index (χ2n) is 13.8. The molecule has 0 unspecified atom stereocenters. The smallest absolute Gasteiger partial charge is 0.166 e. The van der Waals surface area contributed by atoms with Gasteiger partial charge in [0.1, 0.15) is 0 Å². The van der Waals surface area contributed by atoms with Gasteiger partial charge < -0.3 is 4.57 Å². The summed E-state index contributed by atoms with van der Waals surface area (Å²) in [6, 6.07) is 43.3. The average molecular weight is 619 g/mol. The Morgan fingerprint density at radius 3 is 1.29 bits per heavy atom. The standard InChI is InChI=1S/C39H38N4Si2/c1-44(2,3)29-23-19-27(20-24-29)37-40-38(28-21-25-30(26-22-28)45(4,5)6)42-39(41-37)33-15-9-12-18-36(33)43-34-16-10-7-13-31(34)32-14-8-11-17-35(32)43/h7-26H,1-6H3. The summed E-state index contributed by atoms with van der Waals surface area (Å²) in [7, 11) is -2.88. The lowest BCUT2D eigenvalue weighted by Gasteiger charge is -2.18. The van der Waals surface area contributed by atoms with Crippen molar-refractivity contribution in [2.75, 3.05) is 0 Å². The zero-order valence-electron chi connectivity index (χ0n) is 26.8. The number of aromatic nitrogens is 4. The zero-order chi connectivity index (χ0) is 31.3. The number of hydrogen-bond donors (Lipinski definition) is 0. The van der Waals surface area contributed by atoms with Crippen molar-refractivity contribution in [2.24, 2.45) is 0 Å². The van der Waals surface area contributed by atoms with E-state index >= 15 is 0 Å². The van der Waals surface area contributed by atoms with Crippen LogP contribution >= 0.6 is 0 Å². The molecule has 4 nitrogen and oxygen atoms in total. The fourth-order valence-electron chi connectivity index (χ4n) is 6.03. The third-order valence-electron chi connectivity index (χ3n) is 8.62. The van der Waals surface area contributed by atoms with Crippen LogP contribution in [-0.4, -0.2) is 35.7 Å². The van der Waals surface area contributed by atoms with Crippen LogP contribution in [-0.2, 0) is 0 Å². The van der Waals surface area contributed by atoms with Crippen LogP contribution in [0.4, 0.5) is 0 Å². The minimum atomic E-state index is -1.44. The van der Waals surface area contributed by atoms with Gasteiger partial charge in [-0.3, -0.25) is 0 Å². The molecule has 0 aliphatic carbocycles. The highest BCUT2D eigenvalue weighted by Gasteiger charge is 2.21. The Bertz CT molecular complexity index is 2040. The summed E-state index contributed by atoms with van der Waals surface area (Å²) in [6.07, 6.45) is 0. The molecule has 0 aliphatic heterocycles. The summed E-state index contributed by atoms with van der Waals surface area (Å²) >= 11 is 0. The van der Waals surface area contributed by atoms with Gasteiger partial charge in [0.15, 0.2) is 17.5 Å². The first-order valence-corrected chi connectivity index (χ1v) is 22.6. The van der Waals surface area contributed by atoms with Crippen molar-refractivity contribution in [1.82, 2.24) is 19.5 Å². The second kappa shape index (κ2) is 11.1. The molecule has 7 rings (SSSR count). The van der Waals surface area contributed by atoms with Crippen molar-refractivity contribution in [3.05, 3.63) is 121 Å². The fraction of sp³-hybridized carbons (Fsp3) is 0.154. The molecule has 0 fully saturated rings. The molecule has 45 heavy (non-hydrogen) atoms. The molecule has 222 valence electrons. The van der Waals surface area contributed by atoms with Crippen molar-refractivity contribution < 1.29 is 0 Å².